The summed E-state index contributed by atoms with van der Waals surface area (Å²) in [5, 5.41) is 9.85. The molecule has 6 nitrogen and oxygen atoms in total. The third-order valence-corrected chi connectivity index (χ3v) is 25.5. The zero-order valence-corrected chi connectivity index (χ0v) is 61.2. The lowest BCUT2D eigenvalue weighted by atomic mass is 9.82. The van der Waals surface area contributed by atoms with Crippen molar-refractivity contribution in [2.45, 2.75) is 51.0 Å². The van der Waals surface area contributed by atoms with E-state index in [1.165, 1.54) is 160 Å². The van der Waals surface area contributed by atoms with Gasteiger partial charge < -0.3 is 18.6 Å². The van der Waals surface area contributed by atoms with Crippen LogP contribution in [0.25, 0.3) is 183 Å². The molecule has 4 aromatic heterocycles. The number of fused-ring (bicyclic) bond motifs is 21. The Labute approximate surface area is 636 Å². The molecule has 0 fully saturated rings. The first-order valence-electron chi connectivity index (χ1n) is 38.6. The molecule has 0 saturated heterocycles. The van der Waals surface area contributed by atoms with Crippen LogP contribution in [0.4, 0.5) is 11.4 Å². The van der Waals surface area contributed by atoms with Gasteiger partial charge in [-0.2, -0.15) is 0 Å². The molecule has 0 spiro atoms. The first-order valence-corrected chi connectivity index (χ1v) is 38.6. The molecule has 5 aliphatic rings. The number of anilines is 2. The lowest BCUT2D eigenvalue weighted by Gasteiger charge is -2.31. The normalized spacial score (nSPS) is 15.2. The Balaban J connectivity index is 0.579. The van der Waals surface area contributed by atoms with E-state index in [2.05, 4.69) is 380 Å². The van der Waals surface area contributed by atoms with Gasteiger partial charge in [0.1, 0.15) is 0 Å². The van der Waals surface area contributed by atoms with Gasteiger partial charge in [-0.05, 0) is 198 Å². The van der Waals surface area contributed by atoms with Crippen molar-refractivity contribution in [3.05, 3.63) is 367 Å². The van der Waals surface area contributed by atoms with Crippen LogP contribution < -0.4 is 4.90 Å². The molecule has 516 valence electrons. The molecule has 15 aromatic carbocycles. The second-order valence-corrected chi connectivity index (χ2v) is 31.9. The Hall–Kier alpha value is -13.7. The van der Waals surface area contributed by atoms with Crippen LogP contribution in [0.1, 0.15) is 67.5 Å². The van der Waals surface area contributed by atoms with Crippen LogP contribution in [0.5, 0.6) is 0 Å². The predicted octanol–water partition coefficient (Wildman–Crippen LogP) is 26.6. The summed E-state index contributed by atoms with van der Waals surface area (Å²) < 4.78 is 7.43. The molecular weight excluding hydrogens is 1330 g/mol. The summed E-state index contributed by atoms with van der Waals surface area (Å²) in [6.45, 7) is 9.48. The summed E-state index contributed by atoms with van der Waals surface area (Å²) >= 11 is 0. The molecule has 0 bridgehead atoms. The molecule has 1 unspecified atom stereocenters. The minimum Gasteiger partial charge on any atom is -0.333 e. The van der Waals surface area contributed by atoms with Gasteiger partial charge in [-0.25, -0.2) is 9.97 Å². The van der Waals surface area contributed by atoms with E-state index < -0.39 is 0 Å². The second-order valence-electron chi connectivity index (χ2n) is 31.9. The van der Waals surface area contributed by atoms with E-state index in [1.54, 1.807) is 0 Å². The third-order valence-electron chi connectivity index (χ3n) is 25.5. The largest absolute Gasteiger partial charge is 0.333 e. The molecular formula is C104H70N6. The number of nitrogens with zero attached hydrogens (tertiary/aromatic N) is 6. The summed E-state index contributed by atoms with van der Waals surface area (Å²) in [6.07, 6.45) is 5.61. The highest BCUT2D eigenvalue weighted by Crippen LogP contribution is 2.56. The summed E-state index contributed by atoms with van der Waals surface area (Å²) in [7, 11) is 0. The molecule has 5 heterocycles. The van der Waals surface area contributed by atoms with Gasteiger partial charge in [-0.15, -0.1) is 0 Å². The molecule has 110 heavy (non-hydrogen) atoms. The molecule has 19 aromatic rings. The minimum absolute atomic E-state index is 0.0826. The molecule has 0 radical (unpaired) electrons. The molecule has 1 atom stereocenters. The number of para-hydroxylation sites is 4. The maximum Gasteiger partial charge on any atom is 0.160 e. The lowest BCUT2D eigenvalue weighted by molar-refractivity contribution is 0.660. The average Bonchev–Trinajstić information content (AvgIpc) is 1.57. The molecule has 0 amide bonds. The van der Waals surface area contributed by atoms with Gasteiger partial charge in [-0.1, -0.05) is 258 Å². The van der Waals surface area contributed by atoms with Crippen molar-refractivity contribution < 1.29 is 0 Å². The minimum atomic E-state index is -0.119. The van der Waals surface area contributed by atoms with E-state index in [1.807, 2.05) is 0 Å². The fourth-order valence-corrected chi connectivity index (χ4v) is 20.3. The van der Waals surface area contributed by atoms with E-state index in [4.69, 9.17) is 9.97 Å². The molecule has 0 saturated carbocycles. The Bertz CT molecular complexity index is 7360. The average molecular weight is 1400 g/mol. The molecule has 4 aliphatic carbocycles. The molecule has 0 N–H and O–H groups in total. The van der Waals surface area contributed by atoms with Crippen LogP contribution in [0.2, 0.25) is 0 Å². The fourth-order valence-electron chi connectivity index (χ4n) is 20.3. The zero-order chi connectivity index (χ0) is 72.6. The van der Waals surface area contributed by atoms with Crippen molar-refractivity contribution in [2.75, 3.05) is 4.90 Å². The fraction of sp³-hybridized carbons (Fsp3) is 0.0769. The van der Waals surface area contributed by atoms with Crippen molar-refractivity contribution >= 4 is 98.7 Å². The topological polar surface area (TPSA) is 43.8 Å². The van der Waals surface area contributed by atoms with Crippen molar-refractivity contribution in [1.29, 1.82) is 0 Å². The standard InChI is InChI=1S/C104H70N6/c1-103(2)86-29-11-5-21-72(86)74-53-47-70(59-88(74)103)109-92-33-15-9-25-78(92)82-51-41-66(57-96(82)109)64-39-49-80-76-23-7-13-31-90(76)107(94(80)55-64)68-43-35-62(36-44-68)100-99-84-27-17-19-61-20-18-28-85(98(61)84)101(99)106-102(105-100)63-37-45-69(46-38-63)108-91-32-14-8-24-77(91)81-50-40-65(56-95(81)108)67-42-52-83-79-26-10-16-34-93(79)110(97(83)58-67)71-48-54-75-73-22-6-12-30-87(73)104(3,4)89(75)60-71/h5-55,57-60,95H,56H2,1-4H3. The van der Waals surface area contributed by atoms with E-state index in [0.29, 0.717) is 5.82 Å². The predicted molar refractivity (Wildman–Crippen MR) is 458 cm³/mol. The number of hydrogen-bond donors (Lipinski definition) is 0. The highest BCUT2D eigenvalue weighted by molar-refractivity contribution is 6.18. The van der Waals surface area contributed by atoms with Gasteiger partial charge in [0.25, 0.3) is 0 Å². The van der Waals surface area contributed by atoms with Gasteiger partial charge in [0, 0.05) is 99.4 Å². The number of hydrogen-bond acceptors (Lipinski definition) is 3. The highest BCUT2D eigenvalue weighted by Gasteiger charge is 2.40. The van der Waals surface area contributed by atoms with Crippen LogP contribution in [-0.4, -0.2) is 29.7 Å². The smallest absolute Gasteiger partial charge is 0.160 e. The first kappa shape index (κ1) is 61.5. The van der Waals surface area contributed by atoms with Crippen LogP contribution in [0.15, 0.2) is 334 Å². The van der Waals surface area contributed by atoms with Gasteiger partial charge in [0.2, 0.25) is 0 Å². The Morgan fingerprint density at radius 1 is 0.300 bits per heavy atom. The molecule has 24 rings (SSSR count). The van der Waals surface area contributed by atoms with Gasteiger partial charge in [0.15, 0.2) is 5.82 Å². The number of benzene rings is 15. The maximum atomic E-state index is 5.69. The summed E-state index contributed by atoms with van der Waals surface area (Å²) in [6, 6.07) is 120. The van der Waals surface area contributed by atoms with E-state index in [-0.39, 0.29) is 16.9 Å². The van der Waals surface area contributed by atoms with Crippen molar-refractivity contribution in [2.24, 2.45) is 0 Å². The van der Waals surface area contributed by atoms with Crippen LogP contribution >= 0.6 is 0 Å². The maximum absolute atomic E-state index is 5.69. The van der Waals surface area contributed by atoms with Crippen LogP contribution in [-0.2, 0) is 10.8 Å². The van der Waals surface area contributed by atoms with Crippen LogP contribution in [0.3, 0.4) is 0 Å². The van der Waals surface area contributed by atoms with E-state index in [9.17, 15) is 0 Å². The summed E-state index contributed by atoms with van der Waals surface area (Å²) in [5.41, 5.74) is 38.3. The van der Waals surface area contributed by atoms with E-state index in [0.717, 1.165) is 68.0 Å². The zero-order valence-electron chi connectivity index (χ0n) is 61.2. The molecule has 1 aliphatic heterocycles. The first-order chi connectivity index (χ1) is 54.1. The quantitative estimate of drug-likeness (QED) is 0.152. The Morgan fingerprint density at radius 3 is 1.31 bits per heavy atom. The Morgan fingerprint density at radius 2 is 0.727 bits per heavy atom. The van der Waals surface area contributed by atoms with E-state index >= 15 is 0 Å². The highest BCUT2D eigenvalue weighted by atomic mass is 15.2. The lowest BCUT2D eigenvalue weighted by Crippen LogP contribution is -2.28. The SMILES string of the molecule is CC1(C)c2ccccc2-c2ccc(-n3c4ccccc4c4ccc(C5=CC=C6c7ccccc7N(c7ccc(-c8nc(-c9ccc(-n%10c%11ccccc%11c%11ccc(-c%12ccc%13c%14ccccc%14n(-c%14ccc%15c(c%14)C(C)(C)c%14ccccc%14-%15)c%13c%12)cc%11%10)cc9)c9c(n8)-c8cccc%10cccc-9c8%10)cc7)C6C5)cc43)cc21. The van der Waals surface area contributed by atoms with Crippen molar-refractivity contribution in [3.8, 4) is 95.5 Å². The van der Waals surface area contributed by atoms with Crippen molar-refractivity contribution in [1.82, 2.24) is 23.7 Å². The van der Waals surface area contributed by atoms with Gasteiger partial charge >= 0.3 is 0 Å². The van der Waals surface area contributed by atoms with Crippen molar-refractivity contribution in [3.63, 3.8) is 0 Å². The summed E-state index contributed by atoms with van der Waals surface area (Å²) in [4.78, 5) is 13.9. The number of rotatable bonds is 8. The van der Waals surface area contributed by atoms with Crippen LogP contribution in [0, 0.1) is 0 Å². The molecule has 6 heteroatoms. The number of aromatic nitrogens is 5. The Kier molecular flexibility index (Phi) is 12.5. The summed E-state index contributed by atoms with van der Waals surface area (Å²) in [5.74, 6) is 0.696. The number of allylic oxidation sites excluding steroid dienone is 2. The van der Waals surface area contributed by atoms with Gasteiger partial charge in [0.05, 0.1) is 50.5 Å². The monoisotopic (exact) mass is 1400 g/mol. The van der Waals surface area contributed by atoms with Gasteiger partial charge in [-0.3, -0.25) is 0 Å². The third kappa shape index (κ3) is 8.53. The second kappa shape index (κ2) is 22.5.